The Kier molecular flexibility index (Phi) is 7.57. The molecule has 2 unspecified atom stereocenters. The van der Waals surface area contributed by atoms with Crippen molar-refractivity contribution in [2.24, 2.45) is 10.9 Å². The second-order valence-electron chi connectivity index (χ2n) is 7.68. The summed E-state index contributed by atoms with van der Waals surface area (Å²) in [7, 11) is 0. The average Bonchev–Trinajstić information content (AvgIpc) is 3.38. The molecule has 2 aliphatic rings. The highest BCUT2D eigenvalue weighted by atomic mass is 35.5. The zero-order chi connectivity index (χ0) is 19.9. The van der Waals surface area contributed by atoms with Crippen LogP contribution in [0.15, 0.2) is 29.3 Å². The number of aliphatic hydroxyl groups is 1. The van der Waals surface area contributed by atoms with Gasteiger partial charge in [0.05, 0.1) is 12.6 Å². The number of halogens is 1. The summed E-state index contributed by atoms with van der Waals surface area (Å²) in [5.74, 6) is 1.23. The van der Waals surface area contributed by atoms with Gasteiger partial charge in [-0.2, -0.15) is 0 Å². The van der Waals surface area contributed by atoms with Crippen LogP contribution in [0.2, 0.25) is 5.02 Å². The van der Waals surface area contributed by atoms with Crippen LogP contribution in [-0.4, -0.2) is 54.1 Å². The number of carbonyl (C=O) groups is 1. The zero-order valence-electron chi connectivity index (χ0n) is 16.5. The fourth-order valence-corrected chi connectivity index (χ4v) is 4.12. The van der Waals surface area contributed by atoms with E-state index in [0.717, 1.165) is 44.5 Å². The first-order valence-corrected chi connectivity index (χ1v) is 10.7. The first-order valence-electron chi connectivity index (χ1n) is 10.3. The lowest BCUT2D eigenvalue weighted by Crippen LogP contribution is -2.45. The van der Waals surface area contributed by atoms with Crippen LogP contribution in [0.25, 0.3) is 0 Å². The van der Waals surface area contributed by atoms with E-state index in [4.69, 9.17) is 11.6 Å². The van der Waals surface area contributed by atoms with Gasteiger partial charge in [-0.05, 0) is 43.9 Å². The monoisotopic (exact) mass is 406 g/mol. The Morgan fingerprint density at radius 2 is 2.00 bits per heavy atom. The molecule has 1 aromatic rings. The second kappa shape index (κ2) is 10.1. The molecule has 0 aromatic heterocycles. The Morgan fingerprint density at radius 3 is 2.68 bits per heavy atom. The number of carbonyl (C=O) groups excluding carboxylic acids is 1. The SMILES string of the molecule is CCNC(=NCC(O)c1ccc(Cl)cc1)NC1CCN(C(=O)C2CCCC2)C1. The Balaban J connectivity index is 1.53. The fourth-order valence-electron chi connectivity index (χ4n) is 3.99. The van der Waals surface area contributed by atoms with Crippen molar-refractivity contribution < 1.29 is 9.90 Å². The summed E-state index contributed by atoms with van der Waals surface area (Å²) in [5.41, 5.74) is 0.790. The van der Waals surface area contributed by atoms with Crippen LogP contribution >= 0.6 is 11.6 Å². The van der Waals surface area contributed by atoms with Crippen LogP contribution in [0.1, 0.15) is 50.7 Å². The van der Waals surface area contributed by atoms with Crippen molar-refractivity contribution in [3.63, 3.8) is 0 Å². The molecule has 154 valence electrons. The smallest absolute Gasteiger partial charge is 0.225 e. The van der Waals surface area contributed by atoms with Crippen LogP contribution in [0.5, 0.6) is 0 Å². The maximum Gasteiger partial charge on any atom is 0.225 e. The van der Waals surface area contributed by atoms with E-state index in [2.05, 4.69) is 15.6 Å². The van der Waals surface area contributed by atoms with Gasteiger partial charge in [0, 0.05) is 36.6 Å². The highest BCUT2D eigenvalue weighted by molar-refractivity contribution is 6.30. The summed E-state index contributed by atoms with van der Waals surface area (Å²) >= 11 is 5.90. The van der Waals surface area contributed by atoms with Gasteiger partial charge < -0.3 is 20.6 Å². The number of nitrogens with zero attached hydrogens (tertiary/aromatic N) is 2. The molecule has 1 aliphatic carbocycles. The molecule has 1 saturated heterocycles. The standard InChI is InChI=1S/C21H31ClN4O2/c1-2-23-21(24-13-19(27)15-7-9-17(22)10-8-15)25-18-11-12-26(14-18)20(28)16-5-3-4-6-16/h7-10,16,18-19,27H,2-6,11-14H2,1H3,(H2,23,24,25). The van der Waals surface area contributed by atoms with E-state index >= 15 is 0 Å². The second-order valence-corrected chi connectivity index (χ2v) is 8.12. The molecule has 1 amide bonds. The van der Waals surface area contributed by atoms with Crippen molar-refractivity contribution in [3.05, 3.63) is 34.9 Å². The third-order valence-corrected chi connectivity index (χ3v) is 5.82. The quantitative estimate of drug-likeness (QED) is 0.501. The van der Waals surface area contributed by atoms with E-state index < -0.39 is 6.10 Å². The van der Waals surface area contributed by atoms with Gasteiger partial charge in [0.2, 0.25) is 5.91 Å². The molecular formula is C21H31ClN4O2. The molecule has 0 spiro atoms. The number of benzene rings is 1. The molecule has 7 heteroatoms. The number of hydrogen-bond donors (Lipinski definition) is 3. The van der Waals surface area contributed by atoms with Crippen molar-refractivity contribution in [2.75, 3.05) is 26.2 Å². The first kappa shape index (κ1) is 20.9. The number of likely N-dealkylation sites (tertiary alicyclic amines) is 1. The van der Waals surface area contributed by atoms with Crippen LogP contribution in [0, 0.1) is 5.92 Å². The van der Waals surface area contributed by atoms with Crippen molar-refractivity contribution in [2.45, 2.75) is 51.2 Å². The third kappa shape index (κ3) is 5.61. The van der Waals surface area contributed by atoms with Gasteiger partial charge in [0.15, 0.2) is 5.96 Å². The predicted octanol–water partition coefficient (Wildman–Crippen LogP) is 2.72. The number of nitrogens with one attached hydrogen (secondary N) is 2. The van der Waals surface area contributed by atoms with Crippen molar-refractivity contribution in [3.8, 4) is 0 Å². The molecule has 3 N–H and O–H groups in total. The number of amides is 1. The number of hydrogen-bond acceptors (Lipinski definition) is 3. The summed E-state index contributed by atoms with van der Waals surface area (Å²) in [6, 6.07) is 7.35. The summed E-state index contributed by atoms with van der Waals surface area (Å²) < 4.78 is 0. The molecule has 2 fully saturated rings. The molecular weight excluding hydrogens is 376 g/mol. The highest BCUT2D eigenvalue weighted by Crippen LogP contribution is 2.27. The Hall–Kier alpha value is -1.79. The number of aliphatic hydroxyl groups excluding tert-OH is 1. The Bertz CT molecular complexity index is 673. The molecule has 1 heterocycles. The van der Waals surface area contributed by atoms with Crippen LogP contribution in [-0.2, 0) is 4.79 Å². The maximum atomic E-state index is 12.6. The molecule has 0 radical (unpaired) electrons. The lowest BCUT2D eigenvalue weighted by molar-refractivity contribution is -0.134. The summed E-state index contributed by atoms with van der Waals surface area (Å²) in [4.78, 5) is 19.1. The van der Waals surface area contributed by atoms with E-state index in [9.17, 15) is 9.90 Å². The molecule has 6 nitrogen and oxygen atoms in total. The summed E-state index contributed by atoms with van der Waals surface area (Å²) in [6.45, 7) is 4.53. The summed E-state index contributed by atoms with van der Waals surface area (Å²) in [6.07, 6.45) is 4.68. The number of guanidine groups is 1. The number of rotatable bonds is 6. The van der Waals surface area contributed by atoms with Gasteiger partial charge in [0.25, 0.3) is 0 Å². The molecule has 0 bridgehead atoms. The van der Waals surface area contributed by atoms with Crippen molar-refractivity contribution in [1.82, 2.24) is 15.5 Å². The topological polar surface area (TPSA) is 77.0 Å². The zero-order valence-corrected chi connectivity index (χ0v) is 17.3. The maximum absolute atomic E-state index is 12.6. The first-order chi connectivity index (χ1) is 13.6. The molecule has 28 heavy (non-hydrogen) atoms. The molecule has 1 aliphatic heterocycles. The molecule has 1 saturated carbocycles. The normalized spacial score (nSPS) is 21.8. The van der Waals surface area contributed by atoms with E-state index in [1.165, 1.54) is 12.8 Å². The van der Waals surface area contributed by atoms with Crippen molar-refractivity contribution >= 4 is 23.5 Å². The van der Waals surface area contributed by atoms with Gasteiger partial charge in [0.1, 0.15) is 0 Å². The van der Waals surface area contributed by atoms with Gasteiger partial charge in [-0.1, -0.05) is 36.6 Å². The molecule has 2 atom stereocenters. The number of aliphatic imine (C=N–C) groups is 1. The predicted molar refractivity (Wildman–Crippen MR) is 112 cm³/mol. The van der Waals surface area contributed by atoms with E-state index in [1.54, 1.807) is 12.1 Å². The summed E-state index contributed by atoms with van der Waals surface area (Å²) in [5, 5.41) is 17.7. The fraction of sp³-hybridized carbons (Fsp3) is 0.619. The molecule has 1 aromatic carbocycles. The van der Waals surface area contributed by atoms with Crippen LogP contribution in [0.4, 0.5) is 0 Å². The van der Waals surface area contributed by atoms with E-state index in [1.807, 2.05) is 24.0 Å². The van der Waals surface area contributed by atoms with E-state index in [0.29, 0.717) is 16.9 Å². The Morgan fingerprint density at radius 1 is 1.29 bits per heavy atom. The minimum absolute atomic E-state index is 0.191. The van der Waals surface area contributed by atoms with Crippen molar-refractivity contribution in [1.29, 1.82) is 0 Å². The van der Waals surface area contributed by atoms with Crippen LogP contribution < -0.4 is 10.6 Å². The minimum Gasteiger partial charge on any atom is -0.386 e. The largest absolute Gasteiger partial charge is 0.386 e. The Labute approximate surface area is 172 Å². The van der Waals surface area contributed by atoms with E-state index in [-0.39, 0.29) is 18.5 Å². The van der Waals surface area contributed by atoms with Gasteiger partial charge in [-0.25, -0.2) is 0 Å². The van der Waals surface area contributed by atoms with Crippen LogP contribution in [0.3, 0.4) is 0 Å². The third-order valence-electron chi connectivity index (χ3n) is 5.57. The lowest BCUT2D eigenvalue weighted by Gasteiger charge is -2.21. The minimum atomic E-state index is -0.684. The van der Waals surface area contributed by atoms with Gasteiger partial charge in [-0.15, -0.1) is 0 Å². The highest BCUT2D eigenvalue weighted by Gasteiger charge is 2.32. The lowest BCUT2D eigenvalue weighted by atomic mass is 10.1. The van der Waals surface area contributed by atoms with Gasteiger partial charge in [-0.3, -0.25) is 9.79 Å². The van der Waals surface area contributed by atoms with Gasteiger partial charge >= 0.3 is 0 Å². The average molecular weight is 407 g/mol. The molecule has 3 rings (SSSR count).